The minimum absolute atomic E-state index is 0.219. The number of carbonyl (C=O) groups excluding carboxylic acids is 1. The van der Waals surface area contributed by atoms with E-state index < -0.39 is 17.6 Å². The van der Waals surface area contributed by atoms with Crippen LogP contribution in [0.3, 0.4) is 0 Å². The van der Waals surface area contributed by atoms with Crippen molar-refractivity contribution in [1.82, 2.24) is 5.32 Å². The van der Waals surface area contributed by atoms with Gasteiger partial charge in [-0.3, -0.25) is 4.79 Å². The van der Waals surface area contributed by atoms with E-state index in [4.69, 9.17) is 39.5 Å². The molecule has 140 valence electrons. The summed E-state index contributed by atoms with van der Waals surface area (Å²) in [5.74, 6) is -0.182. The standard InChI is InChI=1S/C17H13Cl3F3NO2/c18-12-7-14(20)15(8-13(12)19)26-9-16(25)24-6-5-10-1-3-11(4-2-10)17(21,22)23/h1-4,7-8H,5-6,9H2,(H,24,25). The molecule has 0 aliphatic carbocycles. The monoisotopic (exact) mass is 425 g/mol. The number of hydrogen-bond acceptors (Lipinski definition) is 2. The van der Waals surface area contributed by atoms with Crippen LogP contribution in [0.5, 0.6) is 5.75 Å². The molecule has 0 radical (unpaired) electrons. The Labute approximate surface area is 163 Å². The van der Waals surface area contributed by atoms with Gasteiger partial charge in [-0.2, -0.15) is 13.2 Å². The molecule has 2 aromatic carbocycles. The zero-order valence-corrected chi connectivity index (χ0v) is 15.4. The van der Waals surface area contributed by atoms with Gasteiger partial charge in [0.1, 0.15) is 5.75 Å². The maximum atomic E-state index is 12.5. The molecule has 0 saturated carbocycles. The first-order chi connectivity index (χ1) is 12.2. The maximum Gasteiger partial charge on any atom is 0.416 e. The second-order valence-electron chi connectivity index (χ2n) is 5.28. The lowest BCUT2D eigenvalue weighted by Gasteiger charge is -2.10. The van der Waals surface area contributed by atoms with E-state index in [-0.39, 0.29) is 34.0 Å². The Balaban J connectivity index is 1.78. The van der Waals surface area contributed by atoms with Crippen LogP contribution >= 0.6 is 34.8 Å². The molecule has 2 aromatic rings. The highest BCUT2D eigenvalue weighted by molar-refractivity contribution is 6.43. The highest BCUT2D eigenvalue weighted by Gasteiger charge is 2.29. The Kier molecular flexibility index (Phi) is 7.03. The van der Waals surface area contributed by atoms with E-state index in [1.165, 1.54) is 24.3 Å². The van der Waals surface area contributed by atoms with E-state index in [0.29, 0.717) is 12.0 Å². The highest BCUT2D eigenvalue weighted by atomic mass is 35.5. The van der Waals surface area contributed by atoms with Gasteiger partial charge in [0.2, 0.25) is 0 Å². The van der Waals surface area contributed by atoms with E-state index in [2.05, 4.69) is 5.32 Å². The number of alkyl halides is 3. The molecular weight excluding hydrogens is 414 g/mol. The molecule has 0 unspecified atom stereocenters. The van der Waals surface area contributed by atoms with Crippen LogP contribution in [-0.4, -0.2) is 19.1 Å². The smallest absolute Gasteiger partial charge is 0.416 e. The van der Waals surface area contributed by atoms with Crippen molar-refractivity contribution in [3.63, 3.8) is 0 Å². The normalized spacial score (nSPS) is 11.3. The molecular formula is C17H13Cl3F3NO2. The fraction of sp³-hybridized carbons (Fsp3) is 0.235. The number of amides is 1. The van der Waals surface area contributed by atoms with Gasteiger partial charge in [0, 0.05) is 12.6 Å². The lowest BCUT2D eigenvalue weighted by molar-refractivity contribution is -0.137. The molecule has 1 N–H and O–H groups in total. The fourth-order valence-electron chi connectivity index (χ4n) is 2.02. The largest absolute Gasteiger partial charge is 0.482 e. The quantitative estimate of drug-likeness (QED) is 0.628. The SMILES string of the molecule is O=C(COc1cc(Cl)c(Cl)cc1Cl)NCCc1ccc(C(F)(F)F)cc1. The van der Waals surface area contributed by atoms with Gasteiger partial charge in [0.15, 0.2) is 6.61 Å². The molecule has 0 saturated heterocycles. The lowest BCUT2D eigenvalue weighted by atomic mass is 10.1. The van der Waals surface area contributed by atoms with Crippen molar-refractivity contribution in [3.05, 3.63) is 62.6 Å². The second-order valence-corrected chi connectivity index (χ2v) is 6.50. The van der Waals surface area contributed by atoms with Crippen molar-refractivity contribution < 1.29 is 22.7 Å². The molecule has 0 aliphatic heterocycles. The van der Waals surface area contributed by atoms with E-state index >= 15 is 0 Å². The van der Waals surface area contributed by atoms with Gasteiger partial charge in [-0.05, 0) is 30.2 Å². The summed E-state index contributed by atoms with van der Waals surface area (Å²) in [5.41, 5.74) is -0.0380. The number of nitrogens with one attached hydrogen (secondary N) is 1. The Bertz CT molecular complexity index is 780. The van der Waals surface area contributed by atoms with Gasteiger partial charge < -0.3 is 10.1 Å². The van der Waals surface area contributed by atoms with Crippen LogP contribution in [-0.2, 0) is 17.4 Å². The van der Waals surface area contributed by atoms with E-state index in [0.717, 1.165) is 12.1 Å². The molecule has 0 heterocycles. The highest BCUT2D eigenvalue weighted by Crippen LogP contribution is 2.33. The Morgan fingerprint density at radius 2 is 1.62 bits per heavy atom. The zero-order chi connectivity index (χ0) is 19.3. The first-order valence-electron chi connectivity index (χ1n) is 7.37. The molecule has 9 heteroatoms. The van der Waals surface area contributed by atoms with Crippen molar-refractivity contribution in [2.45, 2.75) is 12.6 Å². The van der Waals surface area contributed by atoms with E-state index in [9.17, 15) is 18.0 Å². The molecule has 0 atom stereocenters. The summed E-state index contributed by atoms with van der Waals surface area (Å²) in [5, 5.41) is 3.34. The third-order valence-corrected chi connectivity index (χ3v) is 4.37. The number of halogens is 6. The van der Waals surface area contributed by atoms with E-state index in [1.54, 1.807) is 0 Å². The fourth-order valence-corrected chi connectivity index (χ4v) is 2.61. The van der Waals surface area contributed by atoms with Crippen LogP contribution in [0.2, 0.25) is 15.1 Å². The summed E-state index contributed by atoms with van der Waals surface area (Å²) >= 11 is 17.6. The average molecular weight is 427 g/mol. The first-order valence-corrected chi connectivity index (χ1v) is 8.50. The average Bonchev–Trinajstić information content (AvgIpc) is 2.56. The van der Waals surface area contributed by atoms with Gasteiger partial charge in [-0.15, -0.1) is 0 Å². The first kappa shape index (κ1) is 20.7. The molecule has 0 aliphatic rings. The molecule has 3 nitrogen and oxygen atoms in total. The Hall–Kier alpha value is -1.63. The van der Waals surface area contributed by atoms with Gasteiger partial charge in [0.25, 0.3) is 5.91 Å². The van der Waals surface area contributed by atoms with Crippen LogP contribution in [0.15, 0.2) is 36.4 Å². The molecule has 0 aromatic heterocycles. The van der Waals surface area contributed by atoms with Crippen molar-refractivity contribution >= 4 is 40.7 Å². The minimum atomic E-state index is -4.37. The number of rotatable bonds is 6. The van der Waals surface area contributed by atoms with Crippen molar-refractivity contribution in [3.8, 4) is 5.75 Å². The van der Waals surface area contributed by atoms with Gasteiger partial charge in [-0.1, -0.05) is 46.9 Å². The van der Waals surface area contributed by atoms with Crippen LogP contribution in [0.25, 0.3) is 0 Å². The lowest BCUT2D eigenvalue weighted by Crippen LogP contribution is -2.30. The summed E-state index contributed by atoms with van der Waals surface area (Å²) in [6.07, 6.45) is -3.98. The van der Waals surface area contributed by atoms with E-state index in [1.807, 2.05) is 0 Å². The van der Waals surface area contributed by atoms with Crippen molar-refractivity contribution in [2.24, 2.45) is 0 Å². The van der Waals surface area contributed by atoms with Crippen LogP contribution in [0.1, 0.15) is 11.1 Å². The maximum absolute atomic E-state index is 12.5. The molecule has 26 heavy (non-hydrogen) atoms. The number of benzene rings is 2. The Morgan fingerprint density at radius 3 is 2.23 bits per heavy atom. The van der Waals surface area contributed by atoms with Crippen molar-refractivity contribution in [1.29, 1.82) is 0 Å². The summed E-state index contributed by atoms with van der Waals surface area (Å²) in [7, 11) is 0. The summed E-state index contributed by atoms with van der Waals surface area (Å²) in [6.45, 7) is -0.0344. The molecule has 1 amide bonds. The molecule has 0 bridgehead atoms. The van der Waals surface area contributed by atoms with Crippen LogP contribution in [0, 0.1) is 0 Å². The van der Waals surface area contributed by atoms with Crippen LogP contribution < -0.4 is 10.1 Å². The topological polar surface area (TPSA) is 38.3 Å². The van der Waals surface area contributed by atoms with Gasteiger partial charge in [0.05, 0.1) is 20.6 Å². The van der Waals surface area contributed by atoms with Crippen LogP contribution in [0.4, 0.5) is 13.2 Å². The van der Waals surface area contributed by atoms with Crippen molar-refractivity contribution in [2.75, 3.05) is 13.2 Å². The summed E-state index contributed by atoms with van der Waals surface area (Å²) in [6, 6.07) is 7.58. The summed E-state index contributed by atoms with van der Waals surface area (Å²) < 4.78 is 42.7. The summed E-state index contributed by atoms with van der Waals surface area (Å²) in [4.78, 5) is 11.8. The van der Waals surface area contributed by atoms with Gasteiger partial charge >= 0.3 is 6.18 Å². The predicted molar refractivity (Wildman–Crippen MR) is 95.1 cm³/mol. The van der Waals surface area contributed by atoms with Gasteiger partial charge in [-0.25, -0.2) is 0 Å². The predicted octanol–water partition coefficient (Wildman–Crippen LogP) is 5.40. The Morgan fingerprint density at radius 1 is 1.00 bits per heavy atom. The second kappa shape index (κ2) is 8.84. The molecule has 0 spiro atoms. The third-order valence-electron chi connectivity index (χ3n) is 3.35. The number of hydrogen-bond donors (Lipinski definition) is 1. The molecule has 2 rings (SSSR count). The number of ether oxygens (including phenoxy) is 1. The zero-order valence-electron chi connectivity index (χ0n) is 13.2. The third kappa shape index (κ3) is 5.97. The molecule has 0 fully saturated rings. The number of carbonyl (C=O) groups is 1. The minimum Gasteiger partial charge on any atom is -0.482 e.